The standard InChI is InChI=1S/C19H20N4O2S/c1-12(2)13-4-6-14(7-5-13)17(24)22-19-16(8-9-26-19)18(25)21-15-10-20-23(3)11-15/h4-12H,1-3H3,(H,21,25)(H,22,24). The Morgan fingerprint density at radius 3 is 2.42 bits per heavy atom. The smallest absolute Gasteiger partial charge is 0.258 e. The molecule has 0 aliphatic carbocycles. The van der Waals surface area contributed by atoms with Gasteiger partial charge in [0.05, 0.1) is 17.4 Å². The molecule has 0 aliphatic rings. The van der Waals surface area contributed by atoms with Crippen molar-refractivity contribution in [3.05, 3.63) is 64.8 Å². The molecule has 0 saturated carbocycles. The molecular weight excluding hydrogens is 348 g/mol. The molecule has 0 aliphatic heterocycles. The van der Waals surface area contributed by atoms with Crippen LogP contribution in [0.15, 0.2) is 48.1 Å². The van der Waals surface area contributed by atoms with Crippen LogP contribution in [0.3, 0.4) is 0 Å². The summed E-state index contributed by atoms with van der Waals surface area (Å²) in [7, 11) is 1.77. The highest BCUT2D eigenvalue weighted by molar-refractivity contribution is 7.14. The summed E-state index contributed by atoms with van der Waals surface area (Å²) >= 11 is 1.31. The number of aromatic nitrogens is 2. The topological polar surface area (TPSA) is 76.0 Å². The summed E-state index contributed by atoms with van der Waals surface area (Å²) < 4.78 is 1.60. The number of hydrogen-bond donors (Lipinski definition) is 2. The number of carbonyl (C=O) groups excluding carboxylic acids is 2. The molecule has 0 saturated heterocycles. The van der Waals surface area contributed by atoms with Gasteiger partial charge in [-0.3, -0.25) is 14.3 Å². The maximum Gasteiger partial charge on any atom is 0.258 e. The van der Waals surface area contributed by atoms with Gasteiger partial charge in [-0.05, 0) is 35.1 Å². The van der Waals surface area contributed by atoms with E-state index in [-0.39, 0.29) is 11.8 Å². The monoisotopic (exact) mass is 368 g/mol. The van der Waals surface area contributed by atoms with Crippen LogP contribution in [0.1, 0.15) is 46.0 Å². The van der Waals surface area contributed by atoms with Crippen LogP contribution >= 0.6 is 11.3 Å². The first-order chi connectivity index (χ1) is 12.4. The van der Waals surface area contributed by atoms with E-state index >= 15 is 0 Å². The summed E-state index contributed by atoms with van der Waals surface area (Å²) in [5.74, 6) is -0.116. The number of nitrogens with one attached hydrogen (secondary N) is 2. The molecule has 1 aromatic carbocycles. The van der Waals surface area contributed by atoms with Crippen LogP contribution in [0.5, 0.6) is 0 Å². The van der Waals surface area contributed by atoms with E-state index in [0.29, 0.717) is 27.7 Å². The average molecular weight is 368 g/mol. The average Bonchev–Trinajstić information content (AvgIpc) is 3.23. The van der Waals surface area contributed by atoms with Gasteiger partial charge < -0.3 is 10.6 Å². The van der Waals surface area contributed by atoms with E-state index in [4.69, 9.17) is 0 Å². The lowest BCUT2D eigenvalue weighted by Gasteiger charge is -2.08. The number of rotatable bonds is 5. The zero-order chi connectivity index (χ0) is 18.7. The van der Waals surface area contributed by atoms with Crippen molar-refractivity contribution in [2.45, 2.75) is 19.8 Å². The molecule has 0 radical (unpaired) electrons. The van der Waals surface area contributed by atoms with Crippen molar-refractivity contribution in [1.29, 1.82) is 0 Å². The van der Waals surface area contributed by atoms with Gasteiger partial charge >= 0.3 is 0 Å². The molecule has 0 bridgehead atoms. The molecule has 0 unspecified atom stereocenters. The summed E-state index contributed by atoms with van der Waals surface area (Å²) in [5, 5.41) is 11.9. The fourth-order valence-electron chi connectivity index (χ4n) is 2.46. The number of anilines is 2. The Kier molecular flexibility index (Phi) is 5.18. The van der Waals surface area contributed by atoms with E-state index in [1.54, 1.807) is 47.7 Å². The summed E-state index contributed by atoms with van der Waals surface area (Å²) in [6, 6.07) is 9.18. The highest BCUT2D eigenvalue weighted by atomic mass is 32.1. The summed E-state index contributed by atoms with van der Waals surface area (Å²) in [6.45, 7) is 4.21. The number of nitrogens with zero attached hydrogens (tertiary/aromatic N) is 2. The van der Waals surface area contributed by atoms with Crippen LogP contribution in [0.4, 0.5) is 10.7 Å². The molecule has 26 heavy (non-hydrogen) atoms. The number of hydrogen-bond acceptors (Lipinski definition) is 4. The molecule has 3 rings (SSSR count). The second kappa shape index (κ2) is 7.53. The normalized spacial score (nSPS) is 10.8. The lowest BCUT2D eigenvalue weighted by Crippen LogP contribution is -2.16. The highest BCUT2D eigenvalue weighted by Gasteiger charge is 2.16. The summed E-state index contributed by atoms with van der Waals surface area (Å²) in [4.78, 5) is 24.9. The lowest BCUT2D eigenvalue weighted by molar-refractivity contribution is 0.102. The minimum atomic E-state index is -0.287. The van der Waals surface area contributed by atoms with Crippen molar-refractivity contribution in [2.24, 2.45) is 7.05 Å². The predicted octanol–water partition coefficient (Wildman–Crippen LogP) is 4.11. The number of amides is 2. The third kappa shape index (κ3) is 4.00. The highest BCUT2D eigenvalue weighted by Crippen LogP contribution is 2.25. The third-order valence-electron chi connectivity index (χ3n) is 3.94. The molecule has 2 aromatic heterocycles. The van der Waals surface area contributed by atoms with Crippen LogP contribution in [0.25, 0.3) is 0 Å². The Labute approximate surface area is 155 Å². The molecule has 2 amide bonds. The van der Waals surface area contributed by atoms with Crippen molar-refractivity contribution in [3.63, 3.8) is 0 Å². The zero-order valence-corrected chi connectivity index (χ0v) is 15.6. The first-order valence-electron chi connectivity index (χ1n) is 8.23. The van der Waals surface area contributed by atoms with E-state index in [0.717, 1.165) is 0 Å². The van der Waals surface area contributed by atoms with Crippen molar-refractivity contribution in [2.75, 3.05) is 10.6 Å². The zero-order valence-electron chi connectivity index (χ0n) is 14.8. The quantitative estimate of drug-likeness (QED) is 0.711. The van der Waals surface area contributed by atoms with Crippen LogP contribution in [0, 0.1) is 0 Å². The van der Waals surface area contributed by atoms with Gasteiger partial charge in [0.2, 0.25) is 0 Å². The Balaban J connectivity index is 1.71. The predicted molar refractivity (Wildman–Crippen MR) is 104 cm³/mol. The molecule has 6 nitrogen and oxygen atoms in total. The van der Waals surface area contributed by atoms with Crippen molar-refractivity contribution >= 4 is 33.8 Å². The number of benzene rings is 1. The minimum absolute atomic E-state index is 0.238. The van der Waals surface area contributed by atoms with E-state index in [2.05, 4.69) is 29.6 Å². The number of aryl methyl sites for hydroxylation is 1. The Morgan fingerprint density at radius 2 is 1.81 bits per heavy atom. The molecule has 0 fully saturated rings. The number of carbonyl (C=O) groups is 2. The van der Waals surface area contributed by atoms with Gasteiger partial charge in [-0.1, -0.05) is 26.0 Å². The van der Waals surface area contributed by atoms with E-state index < -0.39 is 0 Å². The minimum Gasteiger partial charge on any atom is -0.319 e. The fourth-order valence-corrected chi connectivity index (χ4v) is 3.24. The molecule has 0 atom stereocenters. The Bertz CT molecular complexity index is 925. The van der Waals surface area contributed by atoms with Crippen molar-refractivity contribution in [1.82, 2.24) is 9.78 Å². The fraction of sp³-hybridized carbons (Fsp3) is 0.211. The molecule has 3 aromatic rings. The van der Waals surface area contributed by atoms with E-state index in [9.17, 15) is 9.59 Å². The number of thiophene rings is 1. The maximum absolute atomic E-state index is 12.5. The van der Waals surface area contributed by atoms with Gasteiger partial charge in [-0.2, -0.15) is 5.10 Å². The van der Waals surface area contributed by atoms with Gasteiger partial charge in [0.1, 0.15) is 5.00 Å². The van der Waals surface area contributed by atoms with Gasteiger partial charge in [-0.25, -0.2) is 0 Å². The summed E-state index contributed by atoms with van der Waals surface area (Å²) in [6.07, 6.45) is 3.28. The molecule has 7 heteroatoms. The van der Waals surface area contributed by atoms with Gasteiger partial charge in [0.25, 0.3) is 11.8 Å². The molecular formula is C19H20N4O2S. The molecule has 2 heterocycles. The molecule has 2 N–H and O–H groups in total. The Hall–Kier alpha value is -2.93. The van der Waals surface area contributed by atoms with Crippen LogP contribution in [-0.2, 0) is 7.05 Å². The SMILES string of the molecule is CC(C)c1ccc(C(=O)Nc2sccc2C(=O)Nc2cnn(C)c2)cc1. The van der Waals surface area contributed by atoms with Crippen LogP contribution in [-0.4, -0.2) is 21.6 Å². The first-order valence-corrected chi connectivity index (χ1v) is 9.11. The third-order valence-corrected chi connectivity index (χ3v) is 4.77. The van der Waals surface area contributed by atoms with Gasteiger partial charge in [-0.15, -0.1) is 11.3 Å². The van der Waals surface area contributed by atoms with Crippen molar-refractivity contribution in [3.8, 4) is 0 Å². The Morgan fingerprint density at radius 1 is 1.08 bits per heavy atom. The van der Waals surface area contributed by atoms with E-state index in [1.165, 1.54) is 16.9 Å². The van der Waals surface area contributed by atoms with Gasteiger partial charge in [0, 0.05) is 18.8 Å². The molecule has 134 valence electrons. The second-order valence-corrected chi connectivity index (χ2v) is 7.17. The maximum atomic E-state index is 12.5. The van der Waals surface area contributed by atoms with Crippen LogP contribution in [0.2, 0.25) is 0 Å². The van der Waals surface area contributed by atoms with E-state index in [1.807, 2.05) is 12.1 Å². The largest absolute Gasteiger partial charge is 0.319 e. The van der Waals surface area contributed by atoms with Crippen LogP contribution < -0.4 is 10.6 Å². The lowest BCUT2D eigenvalue weighted by atomic mass is 10.0. The second-order valence-electron chi connectivity index (χ2n) is 6.25. The summed E-state index contributed by atoms with van der Waals surface area (Å²) in [5.41, 5.74) is 2.76. The first kappa shape index (κ1) is 17.9. The van der Waals surface area contributed by atoms with Crippen molar-refractivity contribution < 1.29 is 9.59 Å². The van der Waals surface area contributed by atoms with Gasteiger partial charge in [0.15, 0.2) is 0 Å². The molecule has 0 spiro atoms.